The lowest BCUT2D eigenvalue weighted by Gasteiger charge is -2.20. The number of hydrogen-bond donors (Lipinski definition) is 0. The molecule has 72 valence electrons. The van der Waals surface area contributed by atoms with E-state index in [0.717, 1.165) is 0 Å². The molecule has 0 spiro atoms. The Balaban J connectivity index is 2.69. The number of cyclic esters (lactones) is 1. The molecule has 1 rings (SSSR count). The summed E-state index contributed by atoms with van der Waals surface area (Å²) in [4.78, 5) is 22.1. The summed E-state index contributed by atoms with van der Waals surface area (Å²) >= 11 is 0. The van der Waals surface area contributed by atoms with E-state index in [2.05, 4.69) is 0 Å². The molecule has 0 saturated carbocycles. The van der Waals surface area contributed by atoms with Gasteiger partial charge in [0.05, 0.1) is 13.2 Å². The summed E-state index contributed by atoms with van der Waals surface area (Å²) in [5.41, 5.74) is 0. The van der Waals surface area contributed by atoms with Crippen molar-refractivity contribution in [3.8, 4) is 0 Å². The number of methoxy groups -OCH3 is 1. The number of ketones is 1. The SMILES string of the molecule is CCC(=O)C1CC(OC)=CC(=O)O1. The third-order valence-corrected chi connectivity index (χ3v) is 1.89. The maximum Gasteiger partial charge on any atom is 0.334 e. The third-order valence-electron chi connectivity index (χ3n) is 1.89. The predicted octanol–water partition coefficient (Wildman–Crippen LogP) is 0.811. The normalized spacial score (nSPS) is 21.8. The molecule has 1 aliphatic heterocycles. The van der Waals surface area contributed by atoms with Crippen LogP contribution in [0.25, 0.3) is 0 Å². The Morgan fingerprint density at radius 3 is 3.00 bits per heavy atom. The highest BCUT2D eigenvalue weighted by atomic mass is 16.6. The van der Waals surface area contributed by atoms with Crippen LogP contribution in [0.5, 0.6) is 0 Å². The van der Waals surface area contributed by atoms with E-state index < -0.39 is 12.1 Å². The molecule has 1 unspecified atom stereocenters. The van der Waals surface area contributed by atoms with E-state index in [4.69, 9.17) is 9.47 Å². The lowest BCUT2D eigenvalue weighted by Crippen LogP contribution is -2.30. The van der Waals surface area contributed by atoms with Gasteiger partial charge in [0.2, 0.25) is 0 Å². The summed E-state index contributed by atoms with van der Waals surface area (Å²) < 4.78 is 9.72. The quantitative estimate of drug-likeness (QED) is 0.609. The summed E-state index contributed by atoms with van der Waals surface area (Å²) in [5.74, 6) is -0.0750. The van der Waals surface area contributed by atoms with Crippen molar-refractivity contribution in [1.82, 2.24) is 0 Å². The first-order chi connectivity index (χ1) is 6.17. The largest absolute Gasteiger partial charge is 0.501 e. The molecule has 0 radical (unpaired) electrons. The maximum atomic E-state index is 11.2. The van der Waals surface area contributed by atoms with Crippen LogP contribution in [-0.4, -0.2) is 25.0 Å². The molecule has 0 fully saturated rings. The Labute approximate surface area is 76.5 Å². The molecule has 0 aromatic heterocycles. The number of hydrogen-bond acceptors (Lipinski definition) is 4. The average Bonchev–Trinajstić information content (AvgIpc) is 2.15. The number of ether oxygens (including phenoxy) is 2. The first kappa shape index (κ1) is 9.77. The van der Waals surface area contributed by atoms with Gasteiger partial charge in [-0.2, -0.15) is 0 Å². The highest BCUT2D eigenvalue weighted by molar-refractivity contribution is 5.90. The van der Waals surface area contributed by atoms with Crippen molar-refractivity contribution < 1.29 is 19.1 Å². The molecule has 0 saturated heterocycles. The van der Waals surface area contributed by atoms with E-state index in [-0.39, 0.29) is 5.78 Å². The zero-order chi connectivity index (χ0) is 9.84. The van der Waals surface area contributed by atoms with E-state index in [1.165, 1.54) is 13.2 Å². The van der Waals surface area contributed by atoms with Gasteiger partial charge in [-0.05, 0) is 0 Å². The lowest BCUT2D eigenvalue weighted by molar-refractivity contribution is -0.152. The van der Waals surface area contributed by atoms with Crippen molar-refractivity contribution in [3.63, 3.8) is 0 Å². The van der Waals surface area contributed by atoms with Gasteiger partial charge in [-0.3, -0.25) is 4.79 Å². The number of carbonyl (C=O) groups excluding carboxylic acids is 2. The number of rotatable bonds is 3. The van der Waals surface area contributed by atoms with Gasteiger partial charge in [0, 0.05) is 12.8 Å². The lowest BCUT2D eigenvalue weighted by atomic mass is 10.1. The van der Waals surface area contributed by atoms with E-state index in [1.807, 2.05) is 0 Å². The fraction of sp³-hybridized carbons (Fsp3) is 0.556. The molecular weight excluding hydrogens is 172 g/mol. The van der Waals surface area contributed by atoms with Gasteiger partial charge >= 0.3 is 5.97 Å². The van der Waals surface area contributed by atoms with E-state index in [0.29, 0.717) is 18.6 Å². The van der Waals surface area contributed by atoms with E-state index in [9.17, 15) is 9.59 Å². The molecule has 13 heavy (non-hydrogen) atoms. The smallest absolute Gasteiger partial charge is 0.334 e. The number of Topliss-reactive ketones (excluding diaryl/α,β-unsaturated/α-hetero) is 1. The Hall–Kier alpha value is -1.32. The monoisotopic (exact) mass is 184 g/mol. The molecular formula is C9H12O4. The van der Waals surface area contributed by atoms with E-state index >= 15 is 0 Å². The maximum absolute atomic E-state index is 11.2. The molecule has 0 aromatic rings. The Morgan fingerprint density at radius 2 is 2.46 bits per heavy atom. The standard InChI is InChI=1S/C9H12O4/c1-3-7(10)8-4-6(12-2)5-9(11)13-8/h5,8H,3-4H2,1-2H3. The molecule has 4 nitrogen and oxygen atoms in total. The number of carbonyl (C=O) groups is 2. The van der Waals surface area contributed by atoms with Gasteiger partial charge in [-0.25, -0.2) is 4.79 Å². The van der Waals surface area contributed by atoms with Gasteiger partial charge in [0.25, 0.3) is 0 Å². The van der Waals surface area contributed by atoms with Crippen molar-refractivity contribution in [1.29, 1.82) is 0 Å². The van der Waals surface area contributed by atoms with Gasteiger partial charge in [-0.1, -0.05) is 6.92 Å². The van der Waals surface area contributed by atoms with Crippen molar-refractivity contribution >= 4 is 11.8 Å². The average molecular weight is 184 g/mol. The minimum atomic E-state index is -0.655. The molecule has 0 aliphatic carbocycles. The summed E-state index contributed by atoms with van der Waals surface area (Å²) in [6.45, 7) is 1.74. The summed E-state index contributed by atoms with van der Waals surface area (Å²) in [7, 11) is 1.47. The van der Waals surface area contributed by atoms with Crippen molar-refractivity contribution in [2.24, 2.45) is 0 Å². The minimum Gasteiger partial charge on any atom is -0.501 e. The van der Waals surface area contributed by atoms with Crippen molar-refractivity contribution in [2.75, 3.05) is 7.11 Å². The van der Waals surface area contributed by atoms with Crippen LogP contribution < -0.4 is 0 Å². The van der Waals surface area contributed by atoms with Crippen LogP contribution in [0.2, 0.25) is 0 Å². The number of esters is 1. The molecule has 4 heteroatoms. The predicted molar refractivity (Wildman–Crippen MR) is 44.9 cm³/mol. The minimum absolute atomic E-state index is 0.0731. The van der Waals surface area contributed by atoms with Crippen LogP contribution in [0.1, 0.15) is 19.8 Å². The van der Waals surface area contributed by atoms with Crippen LogP contribution in [0.3, 0.4) is 0 Å². The first-order valence-corrected chi connectivity index (χ1v) is 4.15. The summed E-state index contributed by atoms with van der Waals surface area (Å²) in [5, 5.41) is 0. The molecule has 1 heterocycles. The molecule has 1 aliphatic rings. The third kappa shape index (κ3) is 2.31. The molecule has 0 N–H and O–H groups in total. The fourth-order valence-corrected chi connectivity index (χ4v) is 1.14. The Morgan fingerprint density at radius 1 is 1.77 bits per heavy atom. The van der Waals surface area contributed by atoms with Crippen LogP contribution in [0.15, 0.2) is 11.8 Å². The van der Waals surface area contributed by atoms with Gasteiger partial charge in [0.1, 0.15) is 5.76 Å². The molecule has 0 bridgehead atoms. The molecule has 0 amide bonds. The van der Waals surface area contributed by atoms with Crippen LogP contribution >= 0.6 is 0 Å². The zero-order valence-corrected chi connectivity index (χ0v) is 7.70. The zero-order valence-electron chi connectivity index (χ0n) is 7.70. The van der Waals surface area contributed by atoms with Gasteiger partial charge < -0.3 is 9.47 Å². The fourth-order valence-electron chi connectivity index (χ4n) is 1.14. The summed E-state index contributed by atoms with van der Waals surface area (Å²) in [6, 6.07) is 0. The first-order valence-electron chi connectivity index (χ1n) is 4.15. The Kier molecular flexibility index (Phi) is 3.06. The second-order valence-corrected chi connectivity index (χ2v) is 2.76. The van der Waals surface area contributed by atoms with Gasteiger partial charge in [0.15, 0.2) is 11.9 Å². The molecule has 1 atom stereocenters. The van der Waals surface area contributed by atoms with E-state index in [1.54, 1.807) is 6.92 Å². The topological polar surface area (TPSA) is 52.6 Å². The van der Waals surface area contributed by atoms with Gasteiger partial charge in [-0.15, -0.1) is 0 Å². The van der Waals surface area contributed by atoms with Crippen molar-refractivity contribution in [3.05, 3.63) is 11.8 Å². The highest BCUT2D eigenvalue weighted by Gasteiger charge is 2.26. The Bertz CT molecular complexity index is 254. The van der Waals surface area contributed by atoms with Crippen LogP contribution in [0, 0.1) is 0 Å². The second kappa shape index (κ2) is 4.07. The highest BCUT2D eigenvalue weighted by Crippen LogP contribution is 2.17. The van der Waals surface area contributed by atoms with Crippen molar-refractivity contribution in [2.45, 2.75) is 25.9 Å². The van der Waals surface area contributed by atoms with Crippen LogP contribution in [-0.2, 0) is 19.1 Å². The van der Waals surface area contributed by atoms with Crippen LogP contribution in [0.4, 0.5) is 0 Å². The second-order valence-electron chi connectivity index (χ2n) is 2.76. The molecule has 0 aromatic carbocycles. The summed E-state index contributed by atoms with van der Waals surface area (Å²) in [6.07, 6.45) is 1.33.